The van der Waals surface area contributed by atoms with E-state index >= 15 is 0 Å². The third-order valence-electron chi connectivity index (χ3n) is 5.31. The molecule has 0 saturated carbocycles. The zero-order chi connectivity index (χ0) is 20.4. The number of benzene rings is 2. The number of nitrogens with one attached hydrogen (secondary N) is 1. The predicted octanol–water partition coefficient (Wildman–Crippen LogP) is 2.27. The van der Waals surface area contributed by atoms with Crippen molar-refractivity contribution in [2.45, 2.75) is 12.8 Å². The van der Waals surface area contributed by atoms with Crippen molar-refractivity contribution in [1.29, 1.82) is 0 Å². The first-order valence-corrected chi connectivity index (χ1v) is 9.48. The van der Waals surface area contributed by atoms with E-state index in [1.165, 1.54) is 0 Å². The molecule has 1 N–H and O–H groups in total. The van der Waals surface area contributed by atoms with Gasteiger partial charge in [0.2, 0.25) is 11.8 Å². The Bertz CT molecular complexity index is 998. The van der Waals surface area contributed by atoms with Crippen LogP contribution in [0.25, 0.3) is 10.8 Å². The Kier molecular flexibility index (Phi) is 5.12. The van der Waals surface area contributed by atoms with E-state index < -0.39 is 36.9 Å². The zero-order valence-corrected chi connectivity index (χ0v) is 15.7. The highest BCUT2D eigenvalue weighted by Crippen LogP contribution is 2.34. The minimum atomic E-state index is -0.786. The van der Waals surface area contributed by atoms with Gasteiger partial charge in [0.25, 0.3) is 5.91 Å². The first kappa shape index (κ1) is 18.9. The van der Waals surface area contributed by atoms with E-state index in [0.717, 1.165) is 15.7 Å². The summed E-state index contributed by atoms with van der Waals surface area (Å²) in [7, 11) is 0. The Hall–Kier alpha value is -3.48. The summed E-state index contributed by atoms with van der Waals surface area (Å²) in [6.07, 6.45) is 4.78. The van der Waals surface area contributed by atoms with E-state index in [9.17, 15) is 19.2 Å². The molecule has 1 heterocycles. The normalized spacial score (nSPS) is 20.6. The van der Waals surface area contributed by atoms with Crippen LogP contribution in [-0.2, 0) is 23.9 Å². The number of ether oxygens (including phenoxy) is 1. The monoisotopic (exact) mass is 392 g/mol. The lowest BCUT2D eigenvalue weighted by atomic mass is 9.85. The number of nitrogens with zero attached hydrogens (tertiary/aromatic N) is 1. The van der Waals surface area contributed by atoms with Crippen molar-refractivity contribution in [1.82, 2.24) is 4.90 Å². The maximum absolute atomic E-state index is 12.4. The van der Waals surface area contributed by atoms with E-state index in [1.807, 2.05) is 48.6 Å². The molecule has 0 radical (unpaired) electrons. The third kappa shape index (κ3) is 3.76. The number of amides is 3. The summed E-state index contributed by atoms with van der Waals surface area (Å²) in [5.41, 5.74) is 0.616. The molecule has 148 valence electrons. The molecule has 2 aromatic carbocycles. The number of carbonyl (C=O) groups excluding carboxylic acids is 4. The Morgan fingerprint density at radius 2 is 1.62 bits per heavy atom. The fourth-order valence-electron chi connectivity index (χ4n) is 3.87. The van der Waals surface area contributed by atoms with Gasteiger partial charge in [-0.05, 0) is 24.3 Å². The summed E-state index contributed by atoms with van der Waals surface area (Å²) in [4.78, 5) is 50.0. The van der Waals surface area contributed by atoms with E-state index in [2.05, 4.69) is 5.32 Å². The van der Waals surface area contributed by atoms with Crippen LogP contribution >= 0.6 is 0 Å². The van der Waals surface area contributed by atoms with Crippen LogP contribution in [0.4, 0.5) is 5.69 Å². The number of hydrogen-bond acceptors (Lipinski definition) is 5. The number of esters is 1. The number of fused-ring (bicyclic) bond motifs is 2. The molecule has 0 unspecified atom stereocenters. The SMILES string of the molecule is O=C(COC(=O)CN1C(=O)[C@@H]2CC=CC[C@H]2C1=O)Nc1cccc2ccccc12. The number of imide groups is 1. The van der Waals surface area contributed by atoms with Gasteiger partial charge in [0.15, 0.2) is 6.61 Å². The third-order valence-corrected chi connectivity index (χ3v) is 5.31. The van der Waals surface area contributed by atoms with Gasteiger partial charge in [-0.25, -0.2) is 0 Å². The van der Waals surface area contributed by atoms with Gasteiger partial charge in [-0.2, -0.15) is 0 Å². The lowest BCUT2D eigenvalue weighted by Gasteiger charge is -2.14. The lowest BCUT2D eigenvalue weighted by molar-refractivity contribution is -0.154. The van der Waals surface area contributed by atoms with E-state index in [-0.39, 0.29) is 11.8 Å². The highest BCUT2D eigenvalue weighted by molar-refractivity contribution is 6.07. The molecule has 2 atom stereocenters. The molecule has 7 heteroatoms. The maximum Gasteiger partial charge on any atom is 0.326 e. The average Bonchev–Trinajstić information content (AvgIpc) is 2.98. The van der Waals surface area contributed by atoms with E-state index in [1.54, 1.807) is 6.07 Å². The van der Waals surface area contributed by atoms with Crippen molar-refractivity contribution in [3.8, 4) is 0 Å². The highest BCUT2D eigenvalue weighted by Gasteiger charge is 2.47. The molecule has 0 aromatic heterocycles. The highest BCUT2D eigenvalue weighted by atomic mass is 16.5. The molecule has 7 nitrogen and oxygen atoms in total. The molecule has 1 aliphatic heterocycles. The summed E-state index contributed by atoms with van der Waals surface area (Å²) in [5, 5.41) is 4.57. The molecule has 2 aliphatic rings. The van der Waals surface area contributed by atoms with Crippen molar-refractivity contribution >= 4 is 40.2 Å². The molecule has 0 bridgehead atoms. The number of anilines is 1. The quantitative estimate of drug-likeness (QED) is 0.479. The van der Waals surface area contributed by atoms with Crippen LogP contribution in [0.1, 0.15) is 12.8 Å². The van der Waals surface area contributed by atoms with Gasteiger partial charge in [-0.15, -0.1) is 0 Å². The number of hydrogen-bond donors (Lipinski definition) is 1. The Morgan fingerprint density at radius 3 is 2.34 bits per heavy atom. The zero-order valence-electron chi connectivity index (χ0n) is 15.7. The first-order valence-electron chi connectivity index (χ1n) is 9.48. The summed E-state index contributed by atoms with van der Waals surface area (Å²) in [6, 6.07) is 13.1. The molecule has 2 aromatic rings. The van der Waals surface area contributed by atoms with Gasteiger partial charge in [-0.1, -0.05) is 48.6 Å². The second-order valence-electron chi connectivity index (χ2n) is 7.15. The van der Waals surface area contributed by atoms with Crippen LogP contribution in [0, 0.1) is 11.8 Å². The van der Waals surface area contributed by atoms with Crippen LogP contribution < -0.4 is 5.32 Å². The van der Waals surface area contributed by atoms with Gasteiger partial charge in [-0.3, -0.25) is 24.1 Å². The summed E-state index contributed by atoms with van der Waals surface area (Å²) < 4.78 is 4.99. The number of allylic oxidation sites excluding steroid dienone is 2. The molecule has 4 rings (SSSR count). The van der Waals surface area contributed by atoms with Crippen LogP contribution in [-0.4, -0.2) is 41.7 Å². The molecule has 29 heavy (non-hydrogen) atoms. The molecule has 3 amide bonds. The van der Waals surface area contributed by atoms with Gasteiger partial charge in [0, 0.05) is 11.1 Å². The summed E-state index contributed by atoms with van der Waals surface area (Å²) >= 11 is 0. The maximum atomic E-state index is 12.4. The van der Waals surface area contributed by atoms with E-state index in [0.29, 0.717) is 18.5 Å². The van der Waals surface area contributed by atoms with E-state index in [4.69, 9.17) is 4.74 Å². The minimum Gasteiger partial charge on any atom is -0.454 e. The minimum absolute atomic E-state index is 0.346. The van der Waals surface area contributed by atoms with Crippen molar-refractivity contribution in [3.05, 3.63) is 54.6 Å². The molecule has 1 aliphatic carbocycles. The average molecular weight is 392 g/mol. The molecular formula is C22H20N2O5. The van der Waals surface area contributed by atoms with Crippen molar-refractivity contribution < 1.29 is 23.9 Å². The summed E-state index contributed by atoms with van der Waals surface area (Å²) in [6.45, 7) is -0.959. The fraction of sp³-hybridized carbons (Fsp3) is 0.273. The Labute approximate surface area is 167 Å². The van der Waals surface area contributed by atoms with Crippen LogP contribution in [0.5, 0.6) is 0 Å². The van der Waals surface area contributed by atoms with Gasteiger partial charge < -0.3 is 10.1 Å². The van der Waals surface area contributed by atoms with Crippen molar-refractivity contribution in [2.24, 2.45) is 11.8 Å². The summed E-state index contributed by atoms with van der Waals surface area (Å²) in [5.74, 6) is -2.76. The molecular weight excluding hydrogens is 372 g/mol. The Balaban J connectivity index is 1.32. The Morgan fingerprint density at radius 1 is 0.966 bits per heavy atom. The standard InChI is InChI=1S/C22H20N2O5/c25-19(23-18-11-5-7-14-6-1-2-8-15(14)18)13-29-20(26)12-24-21(27)16-9-3-4-10-17(16)22(24)28/h1-8,11,16-17H,9-10,12-13H2,(H,23,25)/t16-,17-/m1/s1. The second kappa shape index (κ2) is 7.87. The van der Waals surface area contributed by atoms with Crippen LogP contribution in [0.2, 0.25) is 0 Å². The topological polar surface area (TPSA) is 92.8 Å². The van der Waals surface area contributed by atoms with Gasteiger partial charge >= 0.3 is 5.97 Å². The number of rotatable bonds is 5. The second-order valence-corrected chi connectivity index (χ2v) is 7.15. The number of likely N-dealkylation sites (tertiary alicyclic amines) is 1. The van der Waals surface area contributed by atoms with Gasteiger partial charge in [0.1, 0.15) is 6.54 Å². The van der Waals surface area contributed by atoms with Crippen molar-refractivity contribution in [2.75, 3.05) is 18.5 Å². The largest absolute Gasteiger partial charge is 0.454 e. The first-order chi connectivity index (χ1) is 14.0. The molecule has 0 spiro atoms. The predicted molar refractivity (Wildman–Crippen MR) is 106 cm³/mol. The fourth-order valence-corrected chi connectivity index (χ4v) is 3.87. The van der Waals surface area contributed by atoms with Gasteiger partial charge in [0.05, 0.1) is 11.8 Å². The molecule has 1 saturated heterocycles. The lowest BCUT2D eigenvalue weighted by Crippen LogP contribution is -2.37. The van der Waals surface area contributed by atoms with Crippen LogP contribution in [0.3, 0.4) is 0 Å². The smallest absolute Gasteiger partial charge is 0.326 e. The van der Waals surface area contributed by atoms with Crippen LogP contribution in [0.15, 0.2) is 54.6 Å². The number of carbonyl (C=O) groups is 4. The van der Waals surface area contributed by atoms with Crippen molar-refractivity contribution in [3.63, 3.8) is 0 Å². The molecule has 1 fully saturated rings.